The fraction of sp³-hybridized carbons (Fsp3) is 1.00. The van der Waals surface area contributed by atoms with Crippen LogP contribution in [-0.2, 0) is 9.47 Å². The molecule has 1 rings (SSSR count). The molecular weight excluding hydrogens is 200 g/mol. The van der Waals surface area contributed by atoms with Crippen LogP contribution >= 0.6 is 0 Å². The molecule has 2 nitrogen and oxygen atoms in total. The van der Waals surface area contributed by atoms with Gasteiger partial charge in [-0.25, -0.2) is 0 Å². The summed E-state index contributed by atoms with van der Waals surface area (Å²) < 4.78 is 11.6. The maximum Gasteiger partial charge on any atom is 0.0782 e. The molecule has 2 heteroatoms. The Labute approximate surface area is 101 Å². The topological polar surface area (TPSA) is 18.5 Å². The van der Waals surface area contributed by atoms with Gasteiger partial charge in [-0.15, -0.1) is 0 Å². The molecule has 0 spiro atoms. The van der Waals surface area contributed by atoms with Crippen LogP contribution in [0.4, 0.5) is 0 Å². The summed E-state index contributed by atoms with van der Waals surface area (Å²) in [6.07, 6.45) is 1.97. The van der Waals surface area contributed by atoms with Gasteiger partial charge in [-0.05, 0) is 10.8 Å². The smallest absolute Gasteiger partial charge is 0.0782 e. The molecule has 0 saturated heterocycles. The SMILES string of the molecule is COC1(C(C)(C)C)CC(OC)(C(C)(C)C)C1. The molecule has 1 fully saturated rings. The largest absolute Gasteiger partial charge is 0.377 e. The summed E-state index contributed by atoms with van der Waals surface area (Å²) in [4.78, 5) is 0. The molecule has 0 heterocycles. The first-order valence-electron chi connectivity index (χ1n) is 6.14. The molecular formula is C14H28O2. The Bertz CT molecular complexity index is 223. The number of rotatable bonds is 2. The van der Waals surface area contributed by atoms with Gasteiger partial charge in [0.05, 0.1) is 11.2 Å². The minimum atomic E-state index is -0.0315. The quantitative estimate of drug-likeness (QED) is 0.718. The molecule has 0 aromatic heterocycles. The standard InChI is InChI=1S/C14H28O2/c1-11(2,3)13(15-7)9-14(10-13,16-8)12(4,5)6/h9-10H2,1-8H3. The Morgan fingerprint density at radius 3 is 1.06 bits per heavy atom. The molecule has 96 valence electrons. The summed E-state index contributed by atoms with van der Waals surface area (Å²) in [5, 5.41) is 0. The minimum absolute atomic E-state index is 0.0315. The molecule has 0 atom stereocenters. The Morgan fingerprint density at radius 2 is 0.938 bits per heavy atom. The van der Waals surface area contributed by atoms with E-state index < -0.39 is 0 Å². The van der Waals surface area contributed by atoms with Crippen molar-refractivity contribution < 1.29 is 9.47 Å². The molecule has 1 aliphatic rings. The molecule has 1 saturated carbocycles. The summed E-state index contributed by atoms with van der Waals surface area (Å²) in [6.45, 7) is 13.5. The van der Waals surface area contributed by atoms with Crippen LogP contribution in [0, 0.1) is 10.8 Å². The van der Waals surface area contributed by atoms with E-state index in [1.807, 2.05) is 14.2 Å². The lowest BCUT2D eigenvalue weighted by Crippen LogP contribution is -2.68. The second-order valence-corrected chi connectivity index (χ2v) is 7.25. The molecule has 0 aromatic rings. The fourth-order valence-corrected chi connectivity index (χ4v) is 2.83. The molecule has 1 aliphatic carbocycles. The van der Waals surface area contributed by atoms with E-state index in [-0.39, 0.29) is 22.0 Å². The summed E-state index contributed by atoms with van der Waals surface area (Å²) in [6, 6.07) is 0. The van der Waals surface area contributed by atoms with Crippen molar-refractivity contribution in [3.63, 3.8) is 0 Å². The third-order valence-corrected chi connectivity index (χ3v) is 4.66. The van der Waals surface area contributed by atoms with E-state index in [9.17, 15) is 0 Å². The Balaban J connectivity index is 2.92. The molecule has 0 unspecified atom stereocenters. The van der Waals surface area contributed by atoms with Crippen LogP contribution in [0.25, 0.3) is 0 Å². The van der Waals surface area contributed by atoms with E-state index >= 15 is 0 Å². The first-order chi connectivity index (χ1) is 7.04. The van der Waals surface area contributed by atoms with Crippen LogP contribution in [0.1, 0.15) is 54.4 Å². The average molecular weight is 228 g/mol. The number of hydrogen-bond donors (Lipinski definition) is 0. The monoisotopic (exact) mass is 228 g/mol. The van der Waals surface area contributed by atoms with Crippen molar-refractivity contribution in [1.29, 1.82) is 0 Å². The summed E-state index contributed by atoms with van der Waals surface area (Å²) in [5.41, 5.74) is 0.261. The van der Waals surface area contributed by atoms with Crippen LogP contribution in [0.15, 0.2) is 0 Å². The van der Waals surface area contributed by atoms with Crippen molar-refractivity contribution >= 4 is 0 Å². The summed E-state index contributed by atoms with van der Waals surface area (Å²) >= 11 is 0. The van der Waals surface area contributed by atoms with Crippen LogP contribution in [0.5, 0.6) is 0 Å². The van der Waals surface area contributed by atoms with Crippen molar-refractivity contribution in [1.82, 2.24) is 0 Å². The van der Waals surface area contributed by atoms with Crippen LogP contribution < -0.4 is 0 Å². The highest BCUT2D eigenvalue weighted by Gasteiger charge is 2.64. The molecule has 0 aliphatic heterocycles. The molecule has 0 N–H and O–H groups in total. The molecule has 16 heavy (non-hydrogen) atoms. The molecule has 0 aromatic carbocycles. The lowest BCUT2D eigenvalue weighted by Gasteiger charge is -2.64. The van der Waals surface area contributed by atoms with E-state index in [1.165, 1.54) is 0 Å². The average Bonchev–Trinajstić information content (AvgIpc) is 1.99. The van der Waals surface area contributed by atoms with Gasteiger partial charge >= 0.3 is 0 Å². The zero-order valence-electron chi connectivity index (χ0n) is 12.2. The van der Waals surface area contributed by atoms with Gasteiger partial charge in [0.15, 0.2) is 0 Å². The van der Waals surface area contributed by atoms with Gasteiger partial charge in [0, 0.05) is 27.1 Å². The summed E-state index contributed by atoms with van der Waals surface area (Å²) in [7, 11) is 3.65. The normalized spacial score (nSPS) is 36.0. The number of methoxy groups -OCH3 is 2. The molecule has 0 radical (unpaired) electrons. The zero-order valence-corrected chi connectivity index (χ0v) is 12.2. The molecule has 0 bridgehead atoms. The molecule has 0 amide bonds. The third kappa shape index (κ3) is 1.80. The maximum absolute atomic E-state index is 5.81. The lowest BCUT2D eigenvalue weighted by atomic mass is 9.50. The predicted molar refractivity (Wildman–Crippen MR) is 67.6 cm³/mol. The van der Waals surface area contributed by atoms with Gasteiger partial charge in [-0.2, -0.15) is 0 Å². The lowest BCUT2D eigenvalue weighted by molar-refractivity contribution is -0.280. The maximum atomic E-state index is 5.81. The van der Waals surface area contributed by atoms with Crippen LogP contribution in [0.3, 0.4) is 0 Å². The predicted octanol–water partition coefficient (Wildman–Crippen LogP) is 3.64. The van der Waals surface area contributed by atoms with Gasteiger partial charge in [0.2, 0.25) is 0 Å². The van der Waals surface area contributed by atoms with E-state index in [0.29, 0.717) is 0 Å². The number of hydrogen-bond acceptors (Lipinski definition) is 2. The fourth-order valence-electron chi connectivity index (χ4n) is 2.83. The number of ether oxygens (including phenoxy) is 2. The van der Waals surface area contributed by atoms with Crippen molar-refractivity contribution in [2.45, 2.75) is 65.6 Å². The van der Waals surface area contributed by atoms with Crippen molar-refractivity contribution in [2.24, 2.45) is 10.8 Å². The van der Waals surface area contributed by atoms with E-state index in [2.05, 4.69) is 41.5 Å². The highest BCUT2D eigenvalue weighted by molar-refractivity contribution is 5.16. The summed E-state index contributed by atoms with van der Waals surface area (Å²) in [5.74, 6) is 0. The van der Waals surface area contributed by atoms with Gasteiger partial charge in [0.1, 0.15) is 0 Å². The van der Waals surface area contributed by atoms with Crippen molar-refractivity contribution in [3.05, 3.63) is 0 Å². The van der Waals surface area contributed by atoms with Gasteiger partial charge in [0.25, 0.3) is 0 Å². The zero-order chi connectivity index (χ0) is 12.8. The van der Waals surface area contributed by atoms with Gasteiger partial charge in [-0.1, -0.05) is 41.5 Å². The van der Waals surface area contributed by atoms with Crippen molar-refractivity contribution in [3.8, 4) is 0 Å². The highest BCUT2D eigenvalue weighted by atomic mass is 16.5. The van der Waals surface area contributed by atoms with Gasteiger partial charge < -0.3 is 9.47 Å². The first kappa shape index (κ1) is 14.0. The highest BCUT2D eigenvalue weighted by Crippen LogP contribution is 2.60. The van der Waals surface area contributed by atoms with Crippen molar-refractivity contribution in [2.75, 3.05) is 14.2 Å². The Kier molecular flexibility index (Phi) is 3.24. The second kappa shape index (κ2) is 3.71. The van der Waals surface area contributed by atoms with Gasteiger partial charge in [-0.3, -0.25) is 0 Å². The Morgan fingerprint density at radius 1 is 0.688 bits per heavy atom. The van der Waals surface area contributed by atoms with E-state index in [0.717, 1.165) is 12.8 Å². The minimum Gasteiger partial charge on any atom is -0.377 e. The van der Waals surface area contributed by atoms with E-state index in [4.69, 9.17) is 9.47 Å². The third-order valence-electron chi connectivity index (χ3n) is 4.66. The van der Waals surface area contributed by atoms with Crippen LogP contribution in [-0.4, -0.2) is 25.4 Å². The van der Waals surface area contributed by atoms with Crippen LogP contribution in [0.2, 0.25) is 0 Å². The Hall–Kier alpha value is -0.0800. The van der Waals surface area contributed by atoms with E-state index in [1.54, 1.807) is 0 Å². The second-order valence-electron chi connectivity index (χ2n) is 7.25. The first-order valence-corrected chi connectivity index (χ1v) is 6.14.